The number of benzene rings is 2. The van der Waals surface area contributed by atoms with Gasteiger partial charge in [0.25, 0.3) is 5.91 Å². The maximum Gasteiger partial charge on any atom is 0.252 e. The van der Waals surface area contributed by atoms with Crippen molar-refractivity contribution in [2.24, 2.45) is 10.1 Å². The number of amides is 2. The highest BCUT2D eigenvalue weighted by Crippen LogP contribution is 2.23. The van der Waals surface area contributed by atoms with Gasteiger partial charge in [0.15, 0.2) is 0 Å². The summed E-state index contributed by atoms with van der Waals surface area (Å²) in [6.45, 7) is 0. The van der Waals surface area contributed by atoms with Crippen molar-refractivity contribution in [3.05, 3.63) is 60.2 Å². The van der Waals surface area contributed by atoms with E-state index in [9.17, 15) is 9.59 Å². The molecular formula is C19H19N5O3. The Morgan fingerprint density at radius 3 is 2.74 bits per heavy atom. The zero-order valence-corrected chi connectivity index (χ0v) is 14.7. The standard InChI is InChI=1S/C19H19N5O3/c1-27-16-10-6-5-9-14(16)21-17(25)11-15-18(26)23-19(22-15)24-20-12-13-7-3-2-4-8-13/h2-10,12,15H,11H2,1H3,(H,21,25)(H2,22,23,24,26)/b20-12-. The predicted molar refractivity (Wildman–Crippen MR) is 103 cm³/mol. The second-order valence-corrected chi connectivity index (χ2v) is 5.72. The van der Waals surface area contributed by atoms with Crippen molar-refractivity contribution in [2.45, 2.75) is 12.5 Å². The molecule has 2 amide bonds. The van der Waals surface area contributed by atoms with Crippen LogP contribution in [0, 0.1) is 0 Å². The van der Waals surface area contributed by atoms with Crippen LogP contribution in [0.3, 0.4) is 0 Å². The first-order valence-electron chi connectivity index (χ1n) is 8.31. The van der Waals surface area contributed by atoms with Crippen LogP contribution in [-0.2, 0) is 9.59 Å². The van der Waals surface area contributed by atoms with Crippen molar-refractivity contribution in [3.8, 4) is 5.75 Å². The van der Waals surface area contributed by atoms with Crippen LogP contribution in [0.15, 0.2) is 64.7 Å². The molecule has 2 aromatic carbocycles. The van der Waals surface area contributed by atoms with Gasteiger partial charge in [0.2, 0.25) is 11.9 Å². The number of hydrogen-bond acceptors (Lipinski definition) is 6. The van der Waals surface area contributed by atoms with Crippen LogP contribution in [-0.4, -0.2) is 37.1 Å². The van der Waals surface area contributed by atoms with Gasteiger partial charge >= 0.3 is 0 Å². The van der Waals surface area contributed by atoms with Crippen LogP contribution in [0.4, 0.5) is 5.69 Å². The van der Waals surface area contributed by atoms with Crippen molar-refractivity contribution in [2.75, 3.05) is 12.4 Å². The number of methoxy groups -OCH3 is 1. The maximum absolute atomic E-state index is 12.2. The molecule has 8 heteroatoms. The molecule has 0 spiro atoms. The Morgan fingerprint density at radius 1 is 1.22 bits per heavy atom. The van der Waals surface area contributed by atoms with Crippen molar-refractivity contribution in [1.82, 2.24) is 10.7 Å². The monoisotopic (exact) mass is 365 g/mol. The average Bonchev–Trinajstić information content (AvgIpc) is 3.02. The van der Waals surface area contributed by atoms with E-state index in [1.165, 1.54) is 7.11 Å². The average molecular weight is 365 g/mol. The smallest absolute Gasteiger partial charge is 0.252 e. The van der Waals surface area contributed by atoms with Crippen molar-refractivity contribution < 1.29 is 14.3 Å². The molecule has 1 aliphatic heterocycles. The molecule has 0 aromatic heterocycles. The molecule has 3 N–H and O–H groups in total. The zero-order valence-electron chi connectivity index (χ0n) is 14.7. The highest BCUT2D eigenvalue weighted by atomic mass is 16.5. The lowest BCUT2D eigenvalue weighted by Gasteiger charge is -2.10. The van der Waals surface area contributed by atoms with Crippen LogP contribution in [0.2, 0.25) is 0 Å². The van der Waals surface area contributed by atoms with Crippen LogP contribution in [0.25, 0.3) is 0 Å². The molecule has 2 aromatic rings. The number of anilines is 1. The first kappa shape index (κ1) is 18.1. The zero-order chi connectivity index (χ0) is 19.1. The molecule has 8 nitrogen and oxygen atoms in total. The van der Waals surface area contributed by atoms with Gasteiger partial charge < -0.3 is 10.1 Å². The Labute approximate surface area is 156 Å². The third kappa shape index (κ3) is 4.91. The minimum Gasteiger partial charge on any atom is -0.495 e. The minimum atomic E-state index is -0.811. The van der Waals surface area contributed by atoms with Crippen LogP contribution >= 0.6 is 0 Å². The summed E-state index contributed by atoms with van der Waals surface area (Å²) in [5, 5.41) is 9.31. The third-order valence-corrected chi connectivity index (χ3v) is 3.77. The molecule has 1 atom stereocenters. The van der Waals surface area contributed by atoms with Gasteiger partial charge in [-0.15, -0.1) is 0 Å². The molecule has 1 heterocycles. The molecule has 0 bridgehead atoms. The Kier molecular flexibility index (Phi) is 5.78. The summed E-state index contributed by atoms with van der Waals surface area (Å²) < 4.78 is 5.19. The van der Waals surface area contributed by atoms with E-state index in [-0.39, 0.29) is 24.2 Å². The second kappa shape index (κ2) is 8.61. The SMILES string of the molecule is COc1ccccc1NC(=O)CC1N=C(N/N=C\c2ccccc2)NC1=O. The molecule has 0 radical (unpaired) electrons. The normalized spacial score (nSPS) is 16.0. The van der Waals surface area contributed by atoms with Gasteiger partial charge in [0.1, 0.15) is 11.8 Å². The summed E-state index contributed by atoms with van der Waals surface area (Å²) in [6.07, 6.45) is 1.52. The molecule has 0 aliphatic carbocycles. The van der Waals surface area contributed by atoms with Crippen molar-refractivity contribution >= 4 is 29.7 Å². The largest absolute Gasteiger partial charge is 0.495 e. The number of rotatable bonds is 6. The number of nitrogens with zero attached hydrogens (tertiary/aromatic N) is 2. The van der Waals surface area contributed by atoms with E-state index in [4.69, 9.17) is 4.74 Å². The van der Waals surface area contributed by atoms with Crippen LogP contribution in [0.1, 0.15) is 12.0 Å². The summed E-state index contributed by atoms with van der Waals surface area (Å²) in [6, 6.07) is 15.7. The summed E-state index contributed by atoms with van der Waals surface area (Å²) in [4.78, 5) is 28.4. The summed E-state index contributed by atoms with van der Waals surface area (Å²) in [7, 11) is 1.52. The van der Waals surface area contributed by atoms with E-state index in [0.29, 0.717) is 11.4 Å². The van der Waals surface area contributed by atoms with Gasteiger partial charge in [-0.25, -0.2) is 10.4 Å². The maximum atomic E-state index is 12.2. The molecule has 27 heavy (non-hydrogen) atoms. The van der Waals surface area contributed by atoms with Gasteiger partial charge in [-0.3, -0.25) is 14.9 Å². The van der Waals surface area contributed by atoms with E-state index in [1.54, 1.807) is 30.5 Å². The lowest BCUT2D eigenvalue weighted by Crippen LogP contribution is -2.35. The van der Waals surface area contributed by atoms with Gasteiger partial charge in [-0.2, -0.15) is 5.10 Å². The van der Waals surface area contributed by atoms with Crippen LogP contribution in [0.5, 0.6) is 5.75 Å². The lowest BCUT2D eigenvalue weighted by molar-refractivity contribution is -0.123. The molecule has 0 saturated carbocycles. The summed E-state index contributed by atoms with van der Waals surface area (Å²) >= 11 is 0. The number of hydrazone groups is 1. The quantitative estimate of drug-likeness (QED) is 0.533. The molecule has 0 saturated heterocycles. The van der Waals surface area contributed by atoms with Gasteiger partial charge in [-0.05, 0) is 17.7 Å². The van der Waals surface area contributed by atoms with Gasteiger partial charge in [0, 0.05) is 0 Å². The highest BCUT2D eigenvalue weighted by molar-refractivity contribution is 6.07. The Morgan fingerprint density at radius 2 is 1.96 bits per heavy atom. The Balaban J connectivity index is 1.56. The molecule has 3 rings (SSSR count). The second-order valence-electron chi connectivity index (χ2n) is 5.72. The molecule has 138 valence electrons. The van der Waals surface area contributed by atoms with E-state index in [0.717, 1.165) is 5.56 Å². The van der Waals surface area contributed by atoms with E-state index < -0.39 is 6.04 Å². The van der Waals surface area contributed by atoms with Crippen LogP contribution < -0.4 is 20.8 Å². The summed E-state index contributed by atoms with van der Waals surface area (Å²) in [5.74, 6) is 0.0603. The van der Waals surface area contributed by atoms with E-state index in [2.05, 4.69) is 26.2 Å². The van der Waals surface area contributed by atoms with E-state index >= 15 is 0 Å². The first-order valence-corrected chi connectivity index (χ1v) is 8.31. The number of carbonyl (C=O) groups excluding carboxylic acids is 2. The Hall–Kier alpha value is -3.68. The number of para-hydroxylation sites is 2. The number of aliphatic imine (C=N–C) groups is 1. The topological polar surface area (TPSA) is 104 Å². The fraction of sp³-hybridized carbons (Fsp3) is 0.158. The van der Waals surface area contributed by atoms with Crippen molar-refractivity contribution in [3.63, 3.8) is 0 Å². The number of guanidine groups is 1. The number of ether oxygens (including phenoxy) is 1. The highest BCUT2D eigenvalue weighted by Gasteiger charge is 2.28. The number of nitrogens with one attached hydrogen (secondary N) is 3. The fourth-order valence-electron chi connectivity index (χ4n) is 2.47. The fourth-order valence-corrected chi connectivity index (χ4v) is 2.47. The van der Waals surface area contributed by atoms with Gasteiger partial charge in [-0.1, -0.05) is 42.5 Å². The lowest BCUT2D eigenvalue weighted by atomic mass is 10.2. The minimum absolute atomic E-state index is 0.0859. The number of carbonyl (C=O) groups is 2. The third-order valence-electron chi connectivity index (χ3n) is 3.77. The summed E-state index contributed by atoms with van der Waals surface area (Å²) in [5.41, 5.74) is 4.11. The predicted octanol–water partition coefficient (Wildman–Crippen LogP) is 1.50. The Bertz CT molecular complexity index is 880. The van der Waals surface area contributed by atoms with Crippen molar-refractivity contribution in [1.29, 1.82) is 0 Å². The van der Waals surface area contributed by atoms with E-state index in [1.807, 2.05) is 30.3 Å². The molecular weight excluding hydrogens is 346 g/mol. The van der Waals surface area contributed by atoms with Gasteiger partial charge in [0.05, 0.1) is 25.4 Å². The molecule has 1 unspecified atom stereocenters. The molecule has 0 fully saturated rings. The first-order chi connectivity index (χ1) is 13.2. The molecule has 1 aliphatic rings. The number of hydrogen-bond donors (Lipinski definition) is 3.